The van der Waals surface area contributed by atoms with E-state index in [0.717, 1.165) is 23.7 Å². The second-order valence-electron chi connectivity index (χ2n) is 9.72. The van der Waals surface area contributed by atoms with Crippen LogP contribution in [0.25, 0.3) is 10.9 Å². The largest absolute Gasteiger partial charge is 0.496 e. The van der Waals surface area contributed by atoms with Crippen LogP contribution in [0.4, 0.5) is 0 Å². The molecule has 0 radical (unpaired) electrons. The molecule has 0 spiro atoms. The molecule has 1 heterocycles. The molecule has 2 amide bonds. The van der Waals surface area contributed by atoms with Crippen LogP contribution >= 0.6 is 0 Å². The number of hydrogen-bond acceptors (Lipinski definition) is 6. The Kier molecular flexibility index (Phi) is 5.39. The molecule has 0 saturated heterocycles. The fourth-order valence-corrected chi connectivity index (χ4v) is 5.36. The van der Waals surface area contributed by atoms with E-state index < -0.39 is 35.2 Å². The summed E-state index contributed by atoms with van der Waals surface area (Å²) in [5.74, 6) is -1.25. The minimum Gasteiger partial charge on any atom is -0.496 e. The van der Waals surface area contributed by atoms with Crippen LogP contribution in [0.3, 0.4) is 0 Å². The second-order valence-corrected chi connectivity index (χ2v) is 9.72. The molecule has 3 saturated carbocycles. The number of carbonyl (C=O) groups is 4. The summed E-state index contributed by atoms with van der Waals surface area (Å²) in [5.41, 5.74) is -0.239. The van der Waals surface area contributed by atoms with E-state index in [1.54, 1.807) is 19.2 Å². The Labute approximate surface area is 196 Å². The zero-order valence-electron chi connectivity index (χ0n) is 18.8. The molecule has 0 aliphatic heterocycles. The number of rotatable bonds is 7. The molecule has 176 valence electrons. The number of fused-ring (bicyclic) bond motifs is 2. The predicted molar refractivity (Wildman–Crippen MR) is 121 cm³/mol. The lowest BCUT2D eigenvalue weighted by molar-refractivity contribution is -0.126. The maximum absolute atomic E-state index is 13.3. The average molecular weight is 463 g/mol. The number of nitrogens with zero attached hydrogens (tertiary/aromatic N) is 1. The van der Waals surface area contributed by atoms with Gasteiger partial charge in [-0.05, 0) is 43.4 Å². The van der Waals surface area contributed by atoms with Gasteiger partial charge >= 0.3 is 0 Å². The molecule has 5 rings (SSSR count). The molecule has 2 aromatic rings. The van der Waals surface area contributed by atoms with Crippen molar-refractivity contribution in [3.8, 4) is 11.8 Å². The third-order valence-corrected chi connectivity index (χ3v) is 7.35. The van der Waals surface area contributed by atoms with E-state index in [1.165, 1.54) is 0 Å². The lowest BCUT2D eigenvalue weighted by atomic mass is 9.94. The number of Topliss-reactive ketones (excluding diaryl/α,β-unsaturated/α-hetero) is 2. The molecule has 9 heteroatoms. The molecule has 1 aromatic carbocycles. The van der Waals surface area contributed by atoms with E-state index in [9.17, 15) is 24.4 Å². The van der Waals surface area contributed by atoms with Gasteiger partial charge in [-0.2, -0.15) is 5.26 Å². The summed E-state index contributed by atoms with van der Waals surface area (Å²) in [6.45, 7) is 0. The quantitative estimate of drug-likeness (QED) is 0.538. The van der Waals surface area contributed by atoms with Gasteiger partial charge in [0.25, 0.3) is 5.91 Å². The molecule has 1 aromatic heterocycles. The van der Waals surface area contributed by atoms with Crippen molar-refractivity contribution in [1.29, 1.82) is 5.26 Å². The molecule has 34 heavy (non-hydrogen) atoms. The number of carbonyl (C=O) groups excluding carboxylic acids is 4. The first-order valence-electron chi connectivity index (χ1n) is 11.6. The highest BCUT2D eigenvalue weighted by Gasteiger charge is 2.55. The van der Waals surface area contributed by atoms with Gasteiger partial charge in [0.1, 0.15) is 34.6 Å². The van der Waals surface area contributed by atoms with Gasteiger partial charge in [0.15, 0.2) is 0 Å². The molecule has 9 nitrogen and oxygen atoms in total. The van der Waals surface area contributed by atoms with Crippen molar-refractivity contribution in [3.05, 3.63) is 30.0 Å². The van der Waals surface area contributed by atoms with Crippen LogP contribution in [0.5, 0.6) is 5.75 Å². The molecule has 3 aliphatic rings. The van der Waals surface area contributed by atoms with Gasteiger partial charge in [-0.1, -0.05) is 18.9 Å². The second kappa shape index (κ2) is 8.28. The molecule has 3 aliphatic carbocycles. The Morgan fingerprint density at radius 1 is 1.24 bits per heavy atom. The Balaban J connectivity index is 1.33. The van der Waals surface area contributed by atoms with E-state index in [4.69, 9.17) is 4.74 Å². The van der Waals surface area contributed by atoms with E-state index in [0.29, 0.717) is 23.8 Å². The Morgan fingerprint density at radius 2 is 1.94 bits per heavy atom. The number of benzene rings is 1. The number of methoxy groups -OCH3 is 1. The summed E-state index contributed by atoms with van der Waals surface area (Å²) >= 11 is 0. The molecule has 3 fully saturated rings. The number of H-pyrrole nitrogens is 1. The number of ether oxygens (including phenoxy) is 1. The Morgan fingerprint density at radius 3 is 2.56 bits per heavy atom. The van der Waals surface area contributed by atoms with Gasteiger partial charge < -0.3 is 20.4 Å². The first kappa shape index (κ1) is 22.1. The number of nitriles is 1. The molecular formula is C25H26N4O5. The highest BCUT2D eigenvalue weighted by Crippen LogP contribution is 2.45. The van der Waals surface area contributed by atoms with Crippen molar-refractivity contribution in [2.24, 2.45) is 17.8 Å². The van der Waals surface area contributed by atoms with Crippen molar-refractivity contribution in [1.82, 2.24) is 15.6 Å². The van der Waals surface area contributed by atoms with Crippen LogP contribution in [0.15, 0.2) is 24.3 Å². The highest BCUT2D eigenvalue weighted by atomic mass is 16.5. The summed E-state index contributed by atoms with van der Waals surface area (Å²) in [6, 6.07) is 8.45. The first-order valence-corrected chi connectivity index (χ1v) is 11.6. The van der Waals surface area contributed by atoms with Crippen LogP contribution in [0.2, 0.25) is 0 Å². The summed E-state index contributed by atoms with van der Waals surface area (Å²) < 4.78 is 5.35. The number of nitrogens with one attached hydrogen (secondary N) is 3. The topological polar surface area (TPSA) is 141 Å². The van der Waals surface area contributed by atoms with Crippen molar-refractivity contribution >= 4 is 34.3 Å². The van der Waals surface area contributed by atoms with Crippen LogP contribution in [-0.4, -0.2) is 47.1 Å². The highest BCUT2D eigenvalue weighted by molar-refractivity contribution is 6.09. The average Bonchev–Trinajstić information content (AvgIpc) is 3.29. The minimum atomic E-state index is -1.28. The fourth-order valence-electron chi connectivity index (χ4n) is 5.36. The van der Waals surface area contributed by atoms with E-state index in [1.807, 2.05) is 12.1 Å². The lowest BCUT2D eigenvalue weighted by Crippen LogP contribution is -2.54. The molecule has 3 N–H and O–H groups in total. The maximum Gasteiger partial charge on any atom is 0.268 e. The van der Waals surface area contributed by atoms with Crippen molar-refractivity contribution < 1.29 is 23.9 Å². The van der Waals surface area contributed by atoms with Crippen LogP contribution in [0, 0.1) is 29.1 Å². The Hall–Kier alpha value is -3.67. The predicted octanol–water partition coefficient (Wildman–Crippen LogP) is 2.02. The number of amides is 2. The van der Waals surface area contributed by atoms with Gasteiger partial charge in [-0.25, -0.2) is 0 Å². The van der Waals surface area contributed by atoms with Gasteiger partial charge in [-0.3, -0.25) is 19.2 Å². The van der Waals surface area contributed by atoms with E-state index in [2.05, 4.69) is 21.7 Å². The summed E-state index contributed by atoms with van der Waals surface area (Å²) in [7, 11) is 1.56. The lowest BCUT2D eigenvalue weighted by Gasteiger charge is -2.27. The molecule has 3 unspecified atom stereocenters. The van der Waals surface area contributed by atoms with Crippen molar-refractivity contribution in [2.75, 3.05) is 7.11 Å². The Bertz CT molecular complexity index is 1220. The zero-order valence-corrected chi connectivity index (χ0v) is 18.8. The van der Waals surface area contributed by atoms with Gasteiger partial charge in [-0.15, -0.1) is 0 Å². The van der Waals surface area contributed by atoms with E-state index in [-0.39, 0.29) is 30.8 Å². The third kappa shape index (κ3) is 3.94. The number of aromatic nitrogens is 1. The van der Waals surface area contributed by atoms with Gasteiger partial charge in [0, 0.05) is 22.7 Å². The molecular weight excluding hydrogens is 436 g/mol. The number of aromatic amines is 1. The zero-order chi connectivity index (χ0) is 24.0. The van der Waals surface area contributed by atoms with Crippen LogP contribution in [-0.2, 0) is 14.4 Å². The number of ketones is 2. The van der Waals surface area contributed by atoms with Crippen LogP contribution < -0.4 is 15.4 Å². The molecule has 0 bridgehead atoms. The minimum absolute atomic E-state index is 0.0829. The summed E-state index contributed by atoms with van der Waals surface area (Å²) in [6.07, 6.45) is 2.63. The van der Waals surface area contributed by atoms with Gasteiger partial charge in [0.05, 0.1) is 19.6 Å². The number of hydrogen-bond donors (Lipinski definition) is 3. The summed E-state index contributed by atoms with van der Waals surface area (Å²) in [5, 5.41) is 16.2. The standard InChI is InChI=1S/C25H26N4O5/c1-34-22-4-2-3-17-14(22)8-19(27-17)23(32)28-18(7-13-5-6-13)24(33)29-25(12-26)10-15-16(11-25)21(31)9-20(15)30/h2-4,8,13,15-16,18,27H,5-7,9-11H2,1H3,(H,28,32)(H,29,33). The van der Waals surface area contributed by atoms with E-state index >= 15 is 0 Å². The summed E-state index contributed by atoms with van der Waals surface area (Å²) in [4.78, 5) is 53.7. The molecule has 3 atom stereocenters. The maximum atomic E-state index is 13.3. The van der Waals surface area contributed by atoms with Crippen molar-refractivity contribution in [3.63, 3.8) is 0 Å². The monoisotopic (exact) mass is 462 g/mol. The van der Waals surface area contributed by atoms with Gasteiger partial charge in [0.2, 0.25) is 5.91 Å². The van der Waals surface area contributed by atoms with Crippen molar-refractivity contribution in [2.45, 2.75) is 50.1 Å². The third-order valence-electron chi connectivity index (χ3n) is 7.35. The fraction of sp³-hybridized carbons (Fsp3) is 0.480. The SMILES string of the molecule is COc1cccc2[nH]c(C(=O)NC(CC3CC3)C(=O)NC3(C#N)CC4C(=O)CC(=O)C4C3)cc12. The smallest absolute Gasteiger partial charge is 0.268 e. The normalized spacial score (nSPS) is 26.7. The van der Waals surface area contributed by atoms with Crippen LogP contribution in [0.1, 0.15) is 49.0 Å². The first-order chi connectivity index (χ1) is 16.3.